The van der Waals surface area contributed by atoms with Crippen molar-refractivity contribution in [2.45, 2.75) is 12.6 Å². The lowest BCUT2D eigenvalue weighted by Crippen LogP contribution is -2.10. The van der Waals surface area contributed by atoms with Gasteiger partial charge in [0.25, 0.3) is 0 Å². The van der Waals surface area contributed by atoms with Gasteiger partial charge in [0, 0.05) is 18.0 Å². The number of aliphatic hydroxyl groups is 1. The summed E-state index contributed by atoms with van der Waals surface area (Å²) >= 11 is 0. The van der Waals surface area contributed by atoms with Crippen LogP contribution in [0.3, 0.4) is 0 Å². The van der Waals surface area contributed by atoms with Gasteiger partial charge in [-0.2, -0.15) is 5.10 Å². The molecular formula is C12H14N2O2. The lowest BCUT2D eigenvalue weighted by Gasteiger charge is -2.14. The van der Waals surface area contributed by atoms with Gasteiger partial charge in [-0.15, -0.1) is 0 Å². The molecule has 4 heteroatoms. The van der Waals surface area contributed by atoms with E-state index < -0.39 is 6.10 Å². The van der Waals surface area contributed by atoms with Crippen LogP contribution < -0.4 is 4.74 Å². The summed E-state index contributed by atoms with van der Waals surface area (Å²) in [5, 5.41) is 14.1. The molecule has 1 heterocycles. The molecule has 0 amide bonds. The highest BCUT2D eigenvalue weighted by atomic mass is 16.5. The second-order valence-electron chi connectivity index (χ2n) is 3.49. The van der Waals surface area contributed by atoms with Gasteiger partial charge in [-0.05, 0) is 12.1 Å². The molecule has 1 N–H and O–H groups in total. The third-order valence-corrected chi connectivity index (χ3v) is 2.42. The first-order valence-electron chi connectivity index (χ1n) is 5.09. The van der Waals surface area contributed by atoms with Gasteiger partial charge in [-0.25, -0.2) is 0 Å². The van der Waals surface area contributed by atoms with Crippen LogP contribution in [-0.4, -0.2) is 22.0 Å². The number of benzene rings is 1. The first-order valence-corrected chi connectivity index (χ1v) is 5.09. The molecule has 0 saturated heterocycles. The van der Waals surface area contributed by atoms with Crippen molar-refractivity contribution in [1.82, 2.24) is 9.78 Å². The summed E-state index contributed by atoms with van der Waals surface area (Å²) in [7, 11) is 1.60. The monoisotopic (exact) mass is 218 g/mol. The maximum absolute atomic E-state index is 10.1. The van der Waals surface area contributed by atoms with Crippen LogP contribution in [-0.2, 0) is 6.54 Å². The van der Waals surface area contributed by atoms with E-state index in [4.69, 9.17) is 4.74 Å². The Morgan fingerprint density at radius 3 is 2.88 bits per heavy atom. The van der Waals surface area contributed by atoms with Crippen molar-refractivity contribution in [2.75, 3.05) is 7.11 Å². The average Bonchev–Trinajstić information content (AvgIpc) is 2.81. The number of aromatic nitrogens is 2. The smallest absolute Gasteiger partial charge is 0.124 e. The molecule has 0 aliphatic heterocycles. The molecular weight excluding hydrogens is 204 g/mol. The summed E-state index contributed by atoms with van der Waals surface area (Å²) in [4.78, 5) is 0. The van der Waals surface area contributed by atoms with E-state index in [0.29, 0.717) is 12.3 Å². The summed E-state index contributed by atoms with van der Waals surface area (Å²) < 4.78 is 6.89. The van der Waals surface area contributed by atoms with Gasteiger partial charge in [0.1, 0.15) is 11.9 Å². The number of hydrogen-bond donors (Lipinski definition) is 1. The van der Waals surface area contributed by atoms with Crippen LogP contribution >= 0.6 is 0 Å². The Morgan fingerprint density at radius 2 is 2.19 bits per heavy atom. The number of methoxy groups -OCH3 is 1. The number of hydrogen-bond acceptors (Lipinski definition) is 3. The van der Waals surface area contributed by atoms with Gasteiger partial charge >= 0.3 is 0 Å². The number of aliphatic hydroxyl groups excluding tert-OH is 1. The van der Waals surface area contributed by atoms with Gasteiger partial charge < -0.3 is 9.84 Å². The molecule has 4 nitrogen and oxygen atoms in total. The van der Waals surface area contributed by atoms with E-state index in [-0.39, 0.29) is 0 Å². The van der Waals surface area contributed by atoms with Crippen molar-refractivity contribution in [2.24, 2.45) is 0 Å². The quantitative estimate of drug-likeness (QED) is 0.848. The molecule has 0 fully saturated rings. The molecule has 0 bridgehead atoms. The van der Waals surface area contributed by atoms with E-state index >= 15 is 0 Å². The molecule has 0 spiro atoms. The molecule has 1 aromatic heterocycles. The van der Waals surface area contributed by atoms with Crippen molar-refractivity contribution in [3.05, 3.63) is 48.3 Å². The minimum Gasteiger partial charge on any atom is -0.496 e. The predicted octanol–water partition coefficient (Wildman–Crippen LogP) is 1.63. The maximum atomic E-state index is 10.1. The van der Waals surface area contributed by atoms with Gasteiger partial charge in [0.2, 0.25) is 0 Å². The largest absolute Gasteiger partial charge is 0.496 e. The van der Waals surface area contributed by atoms with Crippen LogP contribution in [0.5, 0.6) is 5.75 Å². The van der Waals surface area contributed by atoms with Gasteiger partial charge in [0.05, 0.1) is 13.7 Å². The van der Waals surface area contributed by atoms with Crippen LogP contribution in [0.4, 0.5) is 0 Å². The Morgan fingerprint density at radius 1 is 1.38 bits per heavy atom. The molecule has 2 rings (SSSR count). The Labute approximate surface area is 94.1 Å². The summed E-state index contributed by atoms with van der Waals surface area (Å²) in [6.45, 7) is 0.424. The second kappa shape index (κ2) is 4.81. The van der Waals surface area contributed by atoms with Crippen LogP contribution in [0.25, 0.3) is 0 Å². The van der Waals surface area contributed by atoms with Crippen molar-refractivity contribution < 1.29 is 9.84 Å². The predicted molar refractivity (Wildman–Crippen MR) is 60.2 cm³/mol. The third-order valence-electron chi connectivity index (χ3n) is 2.42. The summed E-state index contributed by atoms with van der Waals surface area (Å²) in [5.41, 5.74) is 0.778. The normalized spacial score (nSPS) is 12.4. The Hall–Kier alpha value is -1.81. The summed E-state index contributed by atoms with van der Waals surface area (Å²) in [6.07, 6.45) is 2.89. The molecule has 0 radical (unpaired) electrons. The highest BCUT2D eigenvalue weighted by molar-refractivity contribution is 5.34. The molecule has 84 valence electrons. The summed E-state index contributed by atoms with van der Waals surface area (Å²) in [5.74, 6) is 0.696. The molecule has 0 aliphatic rings. The van der Waals surface area contributed by atoms with Gasteiger partial charge in [0.15, 0.2) is 0 Å². The standard InChI is InChI=1S/C12H14N2O2/c1-16-12-6-3-2-5-10(12)11(15)9-14-8-4-7-13-14/h2-8,11,15H,9H2,1H3. The van der Waals surface area contributed by atoms with Crippen LogP contribution in [0.15, 0.2) is 42.7 Å². The number of para-hydroxylation sites is 1. The summed E-state index contributed by atoms with van der Waals surface area (Å²) in [6, 6.07) is 9.27. The van der Waals surface area contributed by atoms with Crippen LogP contribution in [0, 0.1) is 0 Å². The van der Waals surface area contributed by atoms with E-state index in [1.807, 2.05) is 36.5 Å². The van der Waals surface area contributed by atoms with Crippen molar-refractivity contribution >= 4 is 0 Å². The molecule has 0 saturated carbocycles. The van der Waals surface area contributed by atoms with Crippen molar-refractivity contribution in [3.8, 4) is 5.75 Å². The zero-order valence-electron chi connectivity index (χ0n) is 9.08. The number of nitrogens with zero attached hydrogens (tertiary/aromatic N) is 2. The van der Waals surface area contributed by atoms with E-state index in [0.717, 1.165) is 5.56 Å². The molecule has 2 aromatic rings. The SMILES string of the molecule is COc1ccccc1C(O)Cn1cccn1. The highest BCUT2D eigenvalue weighted by Gasteiger charge is 2.12. The number of ether oxygens (including phenoxy) is 1. The zero-order chi connectivity index (χ0) is 11.4. The fourth-order valence-electron chi connectivity index (χ4n) is 1.63. The first kappa shape index (κ1) is 10.7. The zero-order valence-corrected chi connectivity index (χ0v) is 9.08. The molecule has 1 atom stereocenters. The third kappa shape index (κ3) is 2.23. The maximum Gasteiger partial charge on any atom is 0.124 e. The van der Waals surface area contributed by atoms with E-state index in [9.17, 15) is 5.11 Å². The van der Waals surface area contributed by atoms with E-state index in [1.54, 1.807) is 18.0 Å². The Balaban J connectivity index is 2.17. The fourth-order valence-corrected chi connectivity index (χ4v) is 1.63. The van der Waals surface area contributed by atoms with Crippen molar-refractivity contribution in [3.63, 3.8) is 0 Å². The van der Waals surface area contributed by atoms with Gasteiger partial charge in [-0.1, -0.05) is 18.2 Å². The molecule has 0 aliphatic carbocycles. The Bertz CT molecular complexity index is 440. The second-order valence-corrected chi connectivity index (χ2v) is 3.49. The molecule has 1 unspecified atom stereocenters. The van der Waals surface area contributed by atoms with Crippen molar-refractivity contribution in [1.29, 1.82) is 0 Å². The fraction of sp³-hybridized carbons (Fsp3) is 0.250. The minimum atomic E-state index is -0.615. The van der Waals surface area contributed by atoms with Crippen LogP contribution in [0.2, 0.25) is 0 Å². The van der Waals surface area contributed by atoms with E-state index in [1.165, 1.54) is 0 Å². The average molecular weight is 218 g/mol. The topological polar surface area (TPSA) is 47.3 Å². The lowest BCUT2D eigenvalue weighted by atomic mass is 10.1. The number of rotatable bonds is 4. The first-order chi connectivity index (χ1) is 7.81. The lowest BCUT2D eigenvalue weighted by molar-refractivity contribution is 0.148. The minimum absolute atomic E-state index is 0.424. The van der Waals surface area contributed by atoms with E-state index in [2.05, 4.69) is 5.10 Å². The Kier molecular flexibility index (Phi) is 3.22. The molecule has 1 aromatic carbocycles. The molecule has 16 heavy (non-hydrogen) atoms. The highest BCUT2D eigenvalue weighted by Crippen LogP contribution is 2.25. The van der Waals surface area contributed by atoms with Crippen LogP contribution in [0.1, 0.15) is 11.7 Å². The van der Waals surface area contributed by atoms with Gasteiger partial charge in [-0.3, -0.25) is 4.68 Å².